The van der Waals surface area contributed by atoms with E-state index in [4.69, 9.17) is 0 Å². The summed E-state index contributed by atoms with van der Waals surface area (Å²) >= 11 is 0. The van der Waals surface area contributed by atoms with Crippen molar-refractivity contribution in [3.63, 3.8) is 0 Å². The first-order valence-corrected chi connectivity index (χ1v) is 7.46. The van der Waals surface area contributed by atoms with E-state index in [1.165, 1.54) is 5.56 Å². The molecule has 2 fully saturated rings. The van der Waals surface area contributed by atoms with Crippen molar-refractivity contribution in [1.29, 1.82) is 0 Å². The molecule has 1 amide bonds. The first-order valence-electron chi connectivity index (χ1n) is 7.46. The fourth-order valence-electron chi connectivity index (χ4n) is 2.99. The molecule has 0 saturated carbocycles. The van der Waals surface area contributed by atoms with E-state index in [0.29, 0.717) is 5.91 Å². The van der Waals surface area contributed by atoms with E-state index in [1.54, 1.807) is 0 Å². The molecule has 2 saturated heterocycles. The molecule has 5 heteroatoms. The lowest BCUT2D eigenvalue weighted by atomic mass is 10.1. The average molecular weight is 274 g/mol. The molecule has 5 nitrogen and oxygen atoms in total. The summed E-state index contributed by atoms with van der Waals surface area (Å²) in [5.41, 5.74) is 1.29. The largest absolute Gasteiger partial charge is 0.339 e. The van der Waals surface area contributed by atoms with Crippen LogP contribution in [0.2, 0.25) is 0 Å². The Kier molecular flexibility index (Phi) is 4.28. The normalized spacial score (nSPS) is 24.0. The fourth-order valence-corrected chi connectivity index (χ4v) is 2.99. The highest BCUT2D eigenvalue weighted by molar-refractivity contribution is 5.82. The number of pyridine rings is 1. The number of carbonyl (C=O) groups is 1. The average Bonchev–Trinajstić information content (AvgIpc) is 3.03. The van der Waals surface area contributed by atoms with E-state index < -0.39 is 0 Å². The van der Waals surface area contributed by atoms with Crippen LogP contribution >= 0.6 is 0 Å². The van der Waals surface area contributed by atoms with Gasteiger partial charge in [-0.3, -0.25) is 14.7 Å². The SMILES string of the molecule is O=C([C@H]1CCCN1)N1CCN(Cc2ccncc2)CC1. The van der Waals surface area contributed by atoms with E-state index >= 15 is 0 Å². The molecule has 0 spiro atoms. The van der Waals surface area contributed by atoms with E-state index in [9.17, 15) is 4.79 Å². The Labute approximate surface area is 120 Å². The van der Waals surface area contributed by atoms with Gasteiger partial charge in [0.25, 0.3) is 0 Å². The summed E-state index contributed by atoms with van der Waals surface area (Å²) in [7, 11) is 0. The maximum absolute atomic E-state index is 12.3. The third kappa shape index (κ3) is 3.16. The minimum Gasteiger partial charge on any atom is -0.339 e. The highest BCUT2D eigenvalue weighted by atomic mass is 16.2. The zero-order valence-corrected chi connectivity index (χ0v) is 11.8. The Bertz CT molecular complexity index is 436. The van der Waals surface area contributed by atoms with Gasteiger partial charge in [-0.15, -0.1) is 0 Å². The van der Waals surface area contributed by atoms with Crippen LogP contribution in [-0.4, -0.2) is 59.5 Å². The Balaban J connectivity index is 1.48. The number of nitrogens with zero attached hydrogens (tertiary/aromatic N) is 3. The molecule has 1 aromatic heterocycles. The number of rotatable bonds is 3. The molecule has 108 valence electrons. The van der Waals surface area contributed by atoms with Crippen LogP contribution in [0.25, 0.3) is 0 Å². The van der Waals surface area contributed by atoms with Crippen molar-refractivity contribution < 1.29 is 4.79 Å². The molecule has 0 aliphatic carbocycles. The molecule has 2 aliphatic heterocycles. The maximum Gasteiger partial charge on any atom is 0.239 e. The van der Waals surface area contributed by atoms with Gasteiger partial charge in [0.05, 0.1) is 6.04 Å². The summed E-state index contributed by atoms with van der Waals surface area (Å²) in [6.45, 7) is 5.55. The molecule has 0 aromatic carbocycles. The number of aromatic nitrogens is 1. The van der Waals surface area contributed by atoms with Crippen molar-refractivity contribution in [3.05, 3.63) is 30.1 Å². The lowest BCUT2D eigenvalue weighted by Gasteiger charge is -2.36. The molecule has 2 aliphatic rings. The second-order valence-electron chi connectivity index (χ2n) is 5.61. The molecule has 3 rings (SSSR count). The Morgan fingerprint density at radius 3 is 2.65 bits per heavy atom. The van der Waals surface area contributed by atoms with Crippen LogP contribution in [0.1, 0.15) is 18.4 Å². The third-order valence-electron chi connectivity index (χ3n) is 4.20. The number of hydrogen-bond acceptors (Lipinski definition) is 4. The van der Waals surface area contributed by atoms with Crippen LogP contribution in [-0.2, 0) is 11.3 Å². The van der Waals surface area contributed by atoms with E-state index in [1.807, 2.05) is 17.3 Å². The highest BCUT2D eigenvalue weighted by Gasteiger charge is 2.28. The molecule has 1 atom stereocenters. The molecule has 0 radical (unpaired) electrons. The van der Waals surface area contributed by atoms with Crippen LogP contribution in [0, 0.1) is 0 Å². The molecular weight excluding hydrogens is 252 g/mol. The smallest absolute Gasteiger partial charge is 0.239 e. The minimum absolute atomic E-state index is 0.0711. The molecule has 0 bridgehead atoms. The van der Waals surface area contributed by atoms with Crippen molar-refractivity contribution >= 4 is 5.91 Å². The van der Waals surface area contributed by atoms with Gasteiger partial charge in [-0.2, -0.15) is 0 Å². The molecule has 1 aromatic rings. The first kappa shape index (κ1) is 13.5. The van der Waals surface area contributed by atoms with Gasteiger partial charge in [-0.05, 0) is 37.1 Å². The molecule has 3 heterocycles. The van der Waals surface area contributed by atoms with Crippen LogP contribution in [0.3, 0.4) is 0 Å². The van der Waals surface area contributed by atoms with Gasteiger partial charge in [0.15, 0.2) is 0 Å². The lowest BCUT2D eigenvalue weighted by molar-refractivity contribution is -0.134. The second-order valence-corrected chi connectivity index (χ2v) is 5.61. The first-order chi connectivity index (χ1) is 9.83. The van der Waals surface area contributed by atoms with E-state index in [-0.39, 0.29) is 6.04 Å². The molecular formula is C15H22N4O. The molecule has 1 N–H and O–H groups in total. The molecule has 20 heavy (non-hydrogen) atoms. The van der Waals surface area contributed by atoms with Gasteiger partial charge >= 0.3 is 0 Å². The van der Waals surface area contributed by atoms with Crippen LogP contribution in [0.4, 0.5) is 0 Å². The number of nitrogens with one attached hydrogen (secondary N) is 1. The van der Waals surface area contributed by atoms with Crippen molar-refractivity contribution in [3.8, 4) is 0 Å². The maximum atomic E-state index is 12.3. The van der Waals surface area contributed by atoms with E-state index in [2.05, 4.69) is 27.3 Å². The summed E-state index contributed by atoms with van der Waals surface area (Å²) < 4.78 is 0. The zero-order chi connectivity index (χ0) is 13.8. The van der Waals surface area contributed by atoms with Crippen molar-refractivity contribution in [2.24, 2.45) is 0 Å². The van der Waals surface area contributed by atoms with Gasteiger partial charge < -0.3 is 10.2 Å². The van der Waals surface area contributed by atoms with E-state index in [0.717, 1.165) is 52.1 Å². The lowest BCUT2D eigenvalue weighted by Crippen LogP contribution is -2.52. The number of piperazine rings is 1. The van der Waals surface area contributed by atoms with Gasteiger partial charge in [-0.1, -0.05) is 0 Å². The number of amides is 1. The second kappa shape index (κ2) is 6.33. The monoisotopic (exact) mass is 274 g/mol. The van der Waals surface area contributed by atoms with Gasteiger partial charge in [0.1, 0.15) is 0 Å². The predicted molar refractivity (Wildman–Crippen MR) is 77.1 cm³/mol. The van der Waals surface area contributed by atoms with Gasteiger partial charge in [0, 0.05) is 45.1 Å². The van der Waals surface area contributed by atoms with Crippen LogP contribution < -0.4 is 5.32 Å². The predicted octanol–water partition coefficient (Wildman–Crippen LogP) is 0.478. The quantitative estimate of drug-likeness (QED) is 0.871. The topological polar surface area (TPSA) is 48.5 Å². The minimum atomic E-state index is 0.0711. The van der Waals surface area contributed by atoms with Crippen molar-refractivity contribution in [1.82, 2.24) is 20.1 Å². The molecule has 0 unspecified atom stereocenters. The third-order valence-corrected chi connectivity index (χ3v) is 4.20. The highest BCUT2D eigenvalue weighted by Crippen LogP contribution is 2.12. The van der Waals surface area contributed by atoms with Crippen LogP contribution in [0.5, 0.6) is 0 Å². The standard InChI is InChI=1S/C15H22N4O/c20-15(14-2-1-5-17-14)19-10-8-18(9-11-19)12-13-3-6-16-7-4-13/h3-4,6-7,14,17H,1-2,5,8-12H2/t14-/m1/s1. The fraction of sp³-hybridized carbons (Fsp3) is 0.600. The Morgan fingerprint density at radius 1 is 1.25 bits per heavy atom. The number of carbonyl (C=O) groups excluding carboxylic acids is 1. The Hall–Kier alpha value is -1.46. The summed E-state index contributed by atoms with van der Waals surface area (Å²) in [5.74, 6) is 0.297. The Morgan fingerprint density at radius 2 is 2.00 bits per heavy atom. The van der Waals surface area contributed by atoms with Gasteiger partial charge in [0.2, 0.25) is 5.91 Å². The number of hydrogen-bond donors (Lipinski definition) is 1. The van der Waals surface area contributed by atoms with Gasteiger partial charge in [-0.25, -0.2) is 0 Å². The summed E-state index contributed by atoms with van der Waals surface area (Å²) in [4.78, 5) is 20.8. The zero-order valence-electron chi connectivity index (χ0n) is 11.8. The van der Waals surface area contributed by atoms with Crippen LogP contribution in [0.15, 0.2) is 24.5 Å². The summed E-state index contributed by atoms with van der Waals surface area (Å²) in [6, 6.07) is 4.18. The van der Waals surface area contributed by atoms with Crippen molar-refractivity contribution in [2.75, 3.05) is 32.7 Å². The van der Waals surface area contributed by atoms with Crippen molar-refractivity contribution in [2.45, 2.75) is 25.4 Å². The summed E-state index contributed by atoms with van der Waals surface area (Å²) in [6.07, 6.45) is 5.79. The summed E-state index contributed by atoms with van der Waals surface area (Å²) in [5, 5.41) is 3.29.